The average molecular weight is 513 g/mol. The Bertz CT molecular complexity index is 1070. The van der Waals surface area contributed by atoms with Crippen molar-refractivity contribution in [1.82, 2.24) is 4.90 Å². The molecular formula is C23H20ClF3N2O2S2. The minimum Gasteiger partial charge on any atom is -0.326 e. The number of benzene rings is 2. The third-order valence-corrected chi connectivity index (χ3v) is 6.43. The summed E-state index contributed by atoms with van der Waals surface area (Å²) in [5, 5.41) is 3.10. The molecule has 33 heavy (non-hydrogen) atoms. The molecule has 1 heterocycles. The molecule has 0 spiro atoms. The van der Waals surface area contributed by atoms with Gasteiger partial charge in [-0.3, -0.25) is 14.5 Å². The standard InChI is InChI=1S/C23H20ClF3N2O2S2/c24-17-10-8-15(9-11-17)13-19-21(31)29(22(32)33-19)12-3-1-2-7-20(30)28-18-6-4-5-16(14-18)23(25,26)27/h4-6,8-11,13-14H,1-3,7,12H2,(H,28,30). The van der Waals surface area contributed by atoms with E-state index in [4.69, 9.17) is 23.8 Å². The Hall–Kier alpha value is -2.36. The molecule has 0 radical (unpaired) electrons. The summed E-state index contributed by atoms with van der Waals surface area (Å²) in [6.45, 7) is 0.442. The fourth-order valence-corrected chi connectivity index (χ4v) is 4.57. The van der Waals surface area contributed by atoms with Crippen molar-refractivity contribution < 1.29 is 22.8 Å². The van der Waals surface area contributed by atoms with Crippen molar-refractivity contribution in [1.29, 1.82) is 0 Å². The number of nitrogens with zero attached hydrogens (tertiary/aromatic N) is 1. The summed E-state index contributed by atoms with van der Waals surface area (Å²) in [6, 6.07) is 11.7. The molecule has 0 atom stereocenters. The molecule has 0 aliphatic carbocycles. The second-order valence-corrected chi connectivity index (χ2v) is 9.43. The molecule has 4 nitrogen and oxygen atoms in total. The number of nitrogens with one attached hydrogen (secondary N) is 1. The van der Waals surface area contributed by atoms with Gasteiger partial charge in [0, 0.05) is 23.7 Å². The smallest absolute Gasteiger partial charge is 0.326 e. The fraction of sp³-hybridized carbons (Fsp3) is 0.261. The van der Waals surface area contributed by atoms with Crippen LogP contribution in [0.3, 0.4) is 0 Å². The first-order valence-electron chi connectivity index (χ1n) is 10.1. The number of anilines is 1. The average Bonchev–Trinajstić information content (AvgIpc) is 3.02. The number of carbonyl (C=O) groups excluding carboxylic acids is 2. The Morgan fingerprint density at radius 1 is 1.12 bits per heavy atom. The van der Waals surface area contributed by atoms with Crippen LogP contribution in [0.15, 0.2) is 53.4 Å². The number of unbranched alkanes of at least 4 members (excludes halogenated alkanes) is 2. The lowest BCUT2D eigenvalue weighted by atomic mass is 10.1. The molecule has 1 aliphatic heterocycles. The van der Waals surface area contributed by atoms with Crippen molar-refractivity contribution in [2.24, 2.45) is 0 Å². The van der Waals surface area contributed by atoms with Crippen molar-refractivity contribution in [3.8, 4) is 0 Å². The highest BCUT2D eigenvalue weighted by Gasteiger charge is 2.32. The molecule has 0 aromatic heterocycles. The maximum Gasteiger partial charge on any atom is 0.416 e. The lowest BCUT2D eigenvalue weighted by Gasteiger charge is -2.14. The van der Waals surface area contributed by atoms with Gasteiger partial charge in [0.05, 0.1) is 10.5 Å². The van der Waals surface area contributed by atoms with Crippen LogP contribution in [0.2, 0.25) is 5.02 Å². The van der Waals surface area contributed by atoms with Crippen LogP contribution in [-0.2, 0) is 15.8 Å². The molecule has 1 aliphatic rings. The van der Waals surface area contributed by atoms with Crippen molar-refractivity contribution in [3.05, 3.63) is 69.6 Å². The second-order valence-electron chi connectivity index (χ2n) is 7.32. The molecule has 2 aromatic carbocycles. The predicted molar refractivity (Wildman–Crippen MR) is 130 cm³/mol. The van der Waals surface area contributed by atoms with Crippen LogP contribution in [0, 0.1) is 0 Å². The summed E-state index contributed by atoms with van der Waals surface area (Å²) in [7, 11) is 0. The highest BCUT2D eigenvalue weighted by Crippen LogP contribution is 2.33. The Morgan fingerprint density at radius 2 is 1.85 bits per heavy atom. The summed E-state index contributed by atoms with van der Waals surface area (Å²) >= 11 is 12.4. The van der Waals surface area contributed by atoms with Gasteiger partial charge in [0.1, 0.15) is 4.32 Å². The lowest BCUT2D eigenvalue weighted by Crippen LogP contribution is -2.29. The van der Waals surface area contributed by atoms with Crippen LogP contribution in [0.25, 0.3) is 6.08 Å². The Balaban J connectivity index is 1.42. The van der Waals surface area contributed by atoms with E-state index in [-0.39, 0.29) is 23.9 Å². The van der Waals surface area contributed by atoms with Crippen molar-refractivity contribution >= 4 is 63.5 Å². The van der Waals surface area contributed by atoms with E-state index in [9.17, 15) is 22.8 Å². The minimum absolute atomic E-state index is 0.111. The molecule has 1 fully saturated rings. The fourth-order valence-electron chi connectivity index (χ4n) is 3.13. The van der Waals surface area contributed by atoms with E-state index in [2.05, 4.69) is 5.32 Å². The molecule has 0 unspecified atom stereocenters. The maximum absolute atomic E-state index is 12.8. The molecule has 1 N–H and O–H groups in total. The largest absolute Gasteiger partial charge is 0.416 e. The van der Waals surface area contributed by atoms with Crippen LogP contribution < -0.4 is 5.32 Å². The summed E-state index contributed by atoms with van der Waals surface area (Å²) < 4.78 is 38.8. The van der Waals surface area contributed by atoms with E-state index >= 15 is 0 Å². The quantitative estimate of drug-likeness (QED) is 0.241. The maximum atomic E-state index is 12.8. The normalized spacial score (nSPS) is 15.4. The first kappa shape index (κ1) is 25.3. The summed E-state index contributed by atoms with van der Waals surface area (Å²) in [5.41, 5.74) is 0.153. The molecular weight excluding hydrogens is 493 g/mol. The number of carbonyl (C=O) groups is 2. The van der Waals surface area contributed by atoms with Gasteiger partial charge in [0.15, 0.2) is 0 Å². The van der Waals surface area contributed by atoms with E-state index in [1.807, 2.05) is 12.1 Å². The van der Waals surface area contributed by atoms with Crippen molar-refractivity contribution in [2.75, 3.05) is 11.9 Å². The van der Waals surface area contributed by atoms with Crippen LogP contribution in [0.4, 0.5) is 18.9 Å². The summed E-state index contributed by atoms with van der Waals surface area (Å²) in [5.74, 6) is -0.506. The monoisotopic (exact) mass is 512 g/mol. The van der Waals surface area contributed by atoms with E-state index in [1.165, 1.54) is 23.9 Å². The highest BCUT2D eigenvalue weighted by molar-refractivity contribution is 8.26. The van der Waals surface area contributed by atoms with E-state index < -0.39 is 11.7 Å². The van der Waals surface area contributed by atoms with Gasteiger partial charge in [0.2, 0.25) is 5.91 Å². The van der Waals surface area contributed by atoms with Gasteiger partial charge in [-0.05, 0) is 54.8 Å². The zero-order valence-electron chi connectivity index (χ0n) is 17.3. The molecule has 3 rings (SSSR count). The third kappa shape index (κ3) is 7.31. The summed E-state index contributed by atoms with van der Waals surface area (Å²) in [6.07, 6.45) is -0.656. The predicted octanol–water partition coefficient (Wildman–Crippen LogP) is 6.76. The molecule has 2 aromatic rings. The van der Waals surface area contributed by atoms with Gasteiger partial charge in [-0.1, -0.05) is 60.2 Å². The minimum atomic E-state index is -4.46. The van der Waals surface area contributed by atoms with Crippen LogP contribution in [-0.4, -0.2) is 27.6 Å². The van der Waals surface area contributed by atoms with Gasteiger partial charge in [-0.2, -0.15) is 13.2 Å². The van der Waals surface area contributed by atoms with E-state index in [0.717, 1.165) is 17.7 Å². The lowest BCUT2D eigenvalue weighted by molar-refractivity contribution is -0.137. The van der Waals surface area contributed by atoms with Gasteiger partial charge in [0.25, 0.3) is 5.91 Å². The number of thioether (sulfide) groups is 1. The number of halogens is 4. The second kappa shape index (κ2) is 11.2. The molecule has 174 valence electrons. The zero-order valence-corrected chi connectivity index (χ0v) is 19.7. The van der Waals surface area contributed by atoms with Crippen LogP contribution in [0.1, 0.15) is 36.8 Å². The third-order valence-electron chi connectivity index (χ3n) is 4.80. The number of alkyl halides is 3. The van der Waals surface area contributed by atoms with E-state index in [0.29, 0.717) is 40.1 Å². The van der Waals surface area contributed by atoms with Crippen LogP contribution in [0.5, 0.6) is 0 Å². The topological polar surface area (TPSA) is 49.4 Å². The van der Waals surface area contributed by atoms with Crippen molar-refractivity contribution in [3.63, 3.8) is 0 Å². The molecule has 0 bridgehead atoms. The van der Waals surface area contributed by atoms with Gasteiger partial charge < -0.3 is 5.32 Å². The molecule has 0 saturated carbocycles. The molecule has 10 heteroatoms. The molecule has 2 amide bonds. The van der Waals surface area contributed by atoms with Gasteiger partial charge in [-0.25, -0.2) is 0 Å². The zero-order chi connectivity index (χ0) is 24.0. The first-order chi connectivity index (χ1) is 15.6. The number of hydrogen-bond acceptors (Lipinski definition) is 4. The van der Waals surface area contributed by atoms with Crippen molar-refractivity contribution in [2.45, 2.75) is 31.9 Å². The Kier molecular flexibility index (Phi) is 8.56. The Morgan fingerprint density at radius 3 is 2.55 bits per heavy atom. The van der Waals surface area contributed by atoms with Gasteiger partial charge in [-0.15, -0.1) is 0 Å². The van der Waals surface area contributed by atoms with E-state index in [1.54, 1.807) is 23.1 Å². The SMILES string of the molecule is O=C(CCCCCN1C(=O)C(=Cc2ccc(Cl)cc2)SC1=S)Nc1cccc(C(F)(F)F)c1. The number of thiocarbonyl (C=S) groups is 1. The Labute approximate surface area is 204 Å². The number of hydrogen-bond donors (Lipinski definition) is 1. The number of rotatable bonds is 8. The highest BCUT2D eigenvalue weighted by atomic mass is 35.5. The van der Waals surface area contributed by atoms with Crippen LogP contribution >= 0.6 is 35.6 Å². The summed E-state index contributed by atoms with van der Waals surface area (Å²) in [4.78, 5) is 26.8. The molecule has 1 saturated heterocycles. The first-order valence-corrected chi connectivity index (χ1v) is 11.7. The van der Waals surface area contributed by atoms with Gasteiger partial charge >= 0.3 is 6.18 Å². The number of amides is 2.